The molecule has 0 bridgehead atoms. The summed E-state index contributed by atoms with van der Waals surface area (Å²) in [6.07, 6.45) is 0.0555. The van der Waals surface area contributed by atoms with Crippen molar-refractivity contribution < 1.29 is 14.0 Å². The number of carbonyl (C=O) groups is 2. The van der Waals surface area contributed by atoms with Gasteiger partial charge in [0, 0.05) is 11.3 Å². The normalized spacial score (nSPS) is 11.4. The first-order chi connectivity index (χ1) is 13.1. The predicted molar refractivity (Wildman–Crippen MR) is 103 cm³/mol. The van der Waals surface area contributed by atoms with Crippen LogP contribution in [0.25, 0.3) is 0 Å². The third-order valence-corrected chi connectivity index (χ3v) is 4.06. The molecule has 0 aliphatic heterocycles. The zero-order valence-corrected chi connectivity index (χ0v) is 14.6. The second-order valence-electron chi connectivity index (χ2n) is 6.06. The van der Waals surface area contributed by atoms with Crippen LogP contribution in [-0.2, 0) is 4.79 Å². The Morgan fingerprint density at radius 2 is 1.41 bits per heavy atom. The van der Waals surface area contributed by atoms with E-state index in [1.807, 2.05) is 36.4 Å². The number of hydrogen-bond donors (Lipinski definition) is 2. The van der Waals surface area contributed by atoms with Crippen LogP contribution in [0.2, 0.25) is 0 Å². The minimum atomic E-state index is -0.487. The number of halogens is 1. The molecule has 0 aliphatic carbocycles. The highest BCUT2D eigenvalue weighted by atomic mass is 19.1. The molecule has 0 saturated carbocycles. The van der Waals surface area contributed by atoms with Gasteiger partial charge in [-0.3, -0.25) is 9.59 Å². The Morgan fingerprint density at radius 3 is 2.04 bits per heavy atom. The molecule has 3 rings (SSSR count). The van der Waals surface area contributed by atoms with Crippen LogP contribution in [0.1, 0.15) is 28.4 Å². The molecule has 0 aliphatic rings. The Morgan fingerprint density at radius 1 is 0.815 bits per heavy atom. The lowest BCUT2D eigenvalue weighted by Gasteiger charge is -2.19. The molecule has 4 nitrogen and oxygen atoms in total. The summed E-state index contributed by atoms with van der Waals surface area (Å²) in [7, 11) is 0. The number of amides is 2. The molecule has 3 aromatic rings. The molecule has 3 aromatic carbocycles. The minimum Gasteiger partial charge on any atom is -0.345 e. The van der Waals surface area contributed by atoms with E-state index in [-0.39, 0.29) is 24.1 Å². The van der Waals surface area contributed by atoms with Crippen LogP contribution < -0.4 is 10.6 Å². The van der Waals surface area contributed by atoms with Crippen molar-refractivity contribution in [3.05, 3.63) is 102 Å². The lowest BCUT2D eigenvalue weighted by atomic mass is 10.0. The second-order valence-corrected chi connectivity index (χ2v) is 6.06. The fourth-order valence-corrected chi connectivity index (χ4v) is 2.70. The molecule has 0 fully saturated rings. The maximum Gasteiger partial charge on any atom is 0.251 e. The van der Waals surface area contributed by atoms with Gasteiger partial charge in [-0.25, -0.2) is 4.39 Å². The van der Waals surface area contributed by atoms with Gasteiger partial charge in [0.25, 0.3) is 5.91 Å². The molecule has 0 heterocycles. The lowest BCUT2D eigenvalue weighted by molar-refractivity contribution is -0.116. The maximum atomic E-state index is 13.0. The van der Waals surface area contributed by atoms with Crippen molar-refractivity contribution in [3.8, 4) is 0 Å². The van der Waals surface area contributed by atoms with E-state index in [0.29, 0.717) is 11.3 Å². The molecule has 0 radical (unpaired) electrons. The summed E-state index contributed by atoms with van der Waals surface area (Å²) >= 11 is 0. The van der Waals surface area contributed by atoms with E-state index in [1.165, 1.54) is 24.3 Å². The van der Waals surface area contributed by atoms with Crippen LogP contribution in [0.15, 0.2) is 84.9 Å². The Kier molecular flexibility index (Phi) is 5.94. The Labute approximate surface area is 157 Å². The number of hydrogen-bond acceptors (Lipinski definition) is 2. The Bertz CT molecular complexity index is 897. The summed E-state index contributed by atoms with van der Waals surface area (Å²) < 4.78 is 13.0. The lowest BCUT2D eigenvalue weighted by Crippen LogP contribution is -2.31. The zero-order chi connectivity index (χ0) is 19.1. The van der Waals surface area contributed by atoms with Gasteiger partial charge in [0.1, 0.15) is 5.82 Å². The van der Waals surface area contributed by atoms with Gasteiger partial charge < -0.3 is 10.6 Å². The maximum absolute atomic E-state index is 13.0. The molecule has 2 amide bonds. The van der Waals surface area contributed by atoms with E-state index in [4.69, 9.17) is 0 Å². The van der Waals surface area contributed by atoms with E-state index >= 15 is 0 Å². The molecule has 5 heteroatoms. The molecular formula is C22H19FN2O2. The first-order valence-electron chi connectivity index (χ1n) is 8.58. The molecule has 0 saturated heterocycles. The van der Waals surface area contributed by atoms with Crippen molar-refractivity contribution in [2.75, 3.05) is 5.32 Å². The van der Waals surface area contributed by atoms with Crippen molar-refractivity contribution in [1.82, 2.24) is 5.32 Å². The van der Waals surface area contributed by atoms with E-state index in [0.717, 1.165) is 5.56 Å². The molecule has 0 aromatic heterocycles. The van der Waals surface area contributed by atoms with Gasteiger partial charge in [0.2, 0.25) is 5.91 Å². The quantitative estimate of drug-likeness (QED) is 0.686. The Hall–Kier alpha value is -3.47. The summed E-state index contributed by atoms with van der Waals surface area (Å²) in [4.78, 5) is 25.0. The molecule has 1 unspecified atom stereocenters. The highest BCUT2D eigenvalue weighted by molar-refractivity contribution is 5.95. The van der Waals surface area contributed by atoms with Gasteiger partial charge in [-0.1, -0.05) is 48.5 Å². The van der Waals surface area contributed by atoms with Crippen molar-refractivity contribution in [2.45, 2.75) is 12.5 Å². The summed E-state index contributed by atoms with van der Waals surface area (Å²) in [6, 6.07) is 23.2. The first-order valence-corrected chi connectivity index (χ1v) is 8.58. The highest BCUT2D eigenvalue weighted by Crippen LogP contribution is 2.19. The van der Waals surface area contributed by atoms with Crippen molar-refractivity contribution >= 4 is 17.5 Å². The second kappa shape index (κ2) is 8.76. The summed E-state index contributed by atoms with van der Waals surface area (Å²) in [5.74, 6) is -0.895. The van der Waals surface area contributed by atoms with Crippen LogP contribution in [0.4, 0.5) is 10.1 Å². The Balaban J connectivity index is 1.73. The van der Waals surface area contributed by atoms with Gasteiger partial charge in [-0.2, -0.15) is 0 Å². The fourth-order valence-electron chi connectivity index (χ4n) is 2.70. The van der Waals surface area contributed by atoms with E-state index < -0.39 is 6.04 Å². The number of rotatable bonds is 6. The number of benzene rings is 3. The average molecular weight is 362 g/mol. The van der Waals surface area contributed by atoms with Crippen molar-refractivity contribution in [1.29, 1.82) is 0 Å². The molecule has 2 N–H and O–H groups in total. The first kappa shape index (κ1) is 18.3. The van der Waals surface area contributed by atoms with E-state index in [9.17, 15) is 14.0 Å². The van der Waals surface area contributed by atoms with Gasteiger partial charge in [-0.05, 0) is 42.0 Å². The number of nitrogens with one attached hydrogen (secondary N) is 2. The summed E-state index contributed by atoms with van der Waals surface area (Å²) in [6.45, 7) is 0. The SMILES string of the molecule is O=C(CC(NC(=O)c1ccccc1)c1ccccc1)Nc1ccc(F)cc1. The van der Waals surface area contributed by atoms with E-state index in [2.05, 4.69) is 10.6 Å². The largest absolute Gasteiger partial charge is 0.345 e. The molecular weight excluding hydrogens is 343 g/mol. The van der Waals surface area contributed by atoms with E-state index in [1.54, 1.807) is 24.3 Å². The van der Waals surface area contributed by atoms with Crippen LogP contribution in [-0.4, -0.2) is 11.8 Å². The van der Waals surface area contributed by atoms with Gasteiger partial charge in [-0.15, -0.1) is 0 Å². The van der Waals surface area contributed by atoms with Crippen LogP contribution in [0, 0.1) is 5.82 Å². The smallest absolute Gasteiger partial charge is 0.251 e. The van der Waals surface area contributed by atoms with Gasteiger partial charge >= 0.3 is 0 Å². The fraction of sp³-hybridized carbons (Fsp3) is 0.0909. The molecule has 1 atom stereocenters. The van der Waals surface area contributed by atoms with Crippen LogP contribution >= 0.6 is 0 Å². The molecule has 136 valence electrons. The van der Waals surface area contributed by atoms with Gasteiger partial charge in [0.15, 0.2) is 0 Å². The topological polar surface area (TPSA) is 58.2 Å². The van der Waals surface area contributed by atoms with Crippen LogP contribution in [0.3, 0.4) is 0 Å². The minimum absolute atomic E-state index is 0.0555. The molecule has 0 spiro atoms. The van der Waals surface area contributed by atoms with Crippen molar-refractivity contribution in [3.63, 3.8) is 0 Å². The third kappa shape index (κ3) is 5.25. The summed E-state index contributed by atoms with van der Waals surface area (Å²) in [5.41, 5.74) is 1.86. The highest BCUT2D eigenvalue weighted by Gasteiger charge is 2.19. The molecule has 27 heavy (non-hydrogen) atoms. The average Bonchev–Trinajstić information content (AvgIpc) is 2.70. The number of anilines is 1. The zero-order valence-electron chi connectivity index (χ0n) is 14.6. The van der Waals surface area contributed by atoms with Crippen LogP contribution in [0.5, 0.6) is 0 Å². The summed E-state index contributed by atoms with van der Waals surface area (Å²) in [5, 5.41) is 5.64. The number of carbonyl (C=O) groups excluding carboxylic acids is 2. The predicted octanol–water partition coefficient (Wildman–Crippen LogP) is 4.33. The standard InChI is InChI=1S/C22H19FN2O2/c23-18-11-13-19(14-12-18)24-21(26)15-20(16-7-3-1-4-8-16)25-22(27)17-9-5-2-6-10-17/h1-14,20H,15H2,(H,24,26)(H,25,27). The van der Waals surface area contributed by atoms with Crippen molar-refractivity contribution in [2.24, 2.45) is 0 Å². The monoisotopic (exact) mass is 362 g/mol. The van der Waals surface area contributed by atoms with Gasteiger partial charge in [0.05, 0.1) is 12.5 Å². The third-order valence-electron chi connectivity index (χ3n) is 4.06.